The van der Waals surface area contributed by atoms with Crippen LogP contribution < -0.4 is 4.74 Å². The maximum atomic E-state index is 14.9. The van der Waals surface area contributed by atoms with Gasteiger partial charge in [0.25, 0.3) is 0 Å². The molecule has 0 amide bonds. The van der Waals surface area contributed by atoms with Crippen LogP contribution in [0.3, 0.4) is 0 Å². The summed E-state index contributed by atoms with van der Waals surface area (Å²) in [6.07, 6.45) is -26.0. The summed E-state index contributed by atoms with van der Waals surface area (Å²) < 4.78 is 61.7. The molecule has 4 aliphatic rings. The Morgan fingerprint density at radius 3 is 1.13 bits per heavy atom. The van der Waals surface area contributed by atoms with E-state index in [0.717, 1.165) is 0 Å². The Bertz CT molecular complexity index is 5350. The van der Waals surface area contributed by atoms with Gasteiger partial charge in [0.1, 0.15) is 30.5 Å². The first-order valence-corrected chi connectivity index (χ1v) is 31.1. The fraction of sp³-hybridized carbons (Fsp3) is 0.176. The smallest absolute Gasteiger partial charge is 0.344 e. The molecule has 0 saturated carbocycles. The van der Waals surface area contributed by atoms with Crippen molar-refractivity contribution in [1.29, 1.82) is 0 Å². The highest BCUT2D eigenvalue weighted by Crippen LogP contribution is 2.57. The number of hydrogen-bond acceptors (Lipinski definition) is 44. The van der Waals surface area contributed by atoms with Crippen LogP contribution in [-0.4, -0.2) is 250 Å². The van der Waals surface area contributed by atoms with Gasteiger partial charge in [-0.1, -0.05) is 0 Å². The van der Waals surface area contributed by atoms with Crippen molar-refractivity contribution in [1.82, 2.24) is 0 Å². The molecule has 4 aliphatic heterocycles. The lowest BCUT2D eigenvalue weighted by Crippen LogP contribution is -2.63. The van der Waals surface area contributed by atoms with E-state index in [0.29, 0.717) is 60.7 Å². The molecule has 44 nitrogen and oxygen atoms in total. The Morgan fingerprint density at radius 2 is 0.696 bits per heavy atom. The number of phenols is 23. The van der Waals surface area contributed by atoms with Gasteiger partial charge in [-0.2, -0.15) is 0 Å². The Kier molecular flexibility index (Phi) is 19.3. The van der Waals surface area contributed by atoms with Crippen LogP contribution in [0.4, 0.5) is 0 Å². The van der Waals surface area contributed by atoms with Gasteiger partial charge < -0.3 is 180 Å². The van der Waals surface area contributed by atoms with Crippen molar-refractivity contribution in [2.75, 3.05) is 13.2 Å². The van der Waals surface area contributed by atoms with Crippen molar-refractivity contribution in [3.05, 3.63) is 111 Å². The number of esters is 8. The lowest BCUT2D eigenvalue weighted by molar-refractivity contribution is -0.283. The topological polar surface area (TPSA) is 744 Å². The number of carbonyl (C=O) groups excluding carboxylic acids is 8. The molecular weight excluding hydrogens is 1520 g/mol. The molecule has 8 aromatic rings. The fourth-order valence-corrected chi connectivity index (χ4v) is 11.9. The van der Waals surface area contributed by atoms with Gasteiger partial charge in [-0.3, -0.25) is 0 Å². The highest BCUT2D eigenvalue weighted by molar-refractivity contribution is 6.10. The number of cyclic esters (lactones) is 1. The van der Waals surface area contributed by atoms with Crippen LogP contribution in [0.1, 0.15) is 82.9 Å². The largest absolute Gasteiger partial charge is 0.504 e. The molecule has 0 unspecified atom stereocenters. The quantitative estimate of drug-likeness (QED) is 0.0498. The van der Waals surface area contributed by atoms with Crippen molar-refractivity contribution < 1.29 is 218 Å². The monoisotopic (exact) mass is 1570 g/mol. The van der Waals surface area contributed by atoms with E-state index in [1.54, 1.807) is 0 Å². The molecule has 10 atom stereocenters. The Labute approximate surface area is 616 Å². The Morgan fingerprint density at radius 1 is 0.348 bits per heavy atom. The number of carbonyl (C=O) groups is 8. The number of aliphatic hydroxyl groups excluding tert-OH is 2. The van der Waals surface area contributed by atoms with E-state index >= 15 is 0 Å². The fourth-order valence-electron chi connectivity index (χ4n) is 11.9. The number of phenolic OH excluding ortho intramolecular Hbond substituents is 23. The molecule has 0 spiro atoms. The van der Waals surface area contributed by atoms with E-state index < -0.39 is 333 Å². The van der Waals surface area contributed by atoms with Crippen LogP contribution in [-0.2, 0) is 47.4 Å². The summed E-state index contributed by atoms with van der Waals surface area (Å²) in [5.41, 5.74) is -13.8. The Hall–Kier alpha value is -15.4. The van der Waals surface area contributed by atoms with Crippen LogP contribution in [0.2, 0.25) is 0 Å². The van der Waals surface area contributed by atoms with Gasteiger partial charge in [0.15, 0.2) is 122 Å². The van der Waals surface area contributed by atoms with Crippen molar-refractivity contribution in [2.24, 2.45) is 0 Å². The summed E-state index contributed by atoms with van der Waals surface area (Å²) in [4.78, 5) is 116. The summed E-state index contributed by atoms with van der Waals surface area (Å²) in [6.45, 7) is -2.81. The van der Waals surface area contributed by atoms with Crippen LogP contribution >= 0.6 is 0 Å². The number of rotatable bonds is 11. The molecule has 44 heteroatoms. The van der Waals surface area contributed by atoms with Crippen LogP contribution in [0, 0.1) is 0 Å². The van der Waals surface area contributed by atoms with E-state index in [1.807, 2.05) is 0 Å². The normalized spacial score (nSPS) is 20.6. The summed E-state index contributed by atoms with van der Waals surface area (Å²) in [7, 11) is 0. The van der Waals surface area contributed by atoms with Gasteiger partial charge in [0.2, 0.25) is 65.0 Å². The van der Waals surface area contributed by atoms with Gasteiger partial charge in [0.05, 0.1) is 45.6 Å². The second-order valence-corrected chi connectivity index (χ2v) is 24.2. The summed E-state index contributed by atoms with van der Waals surface area (Å²) in [6, 6.07) is 3.96. The van der Waals surface area contributed by atoms with E-state index in [1.165, 1.54) is 0 Å². The first-order valence-electron chi connectivity index (χ1n) is 31.1. The molecule has 2 saturated heterocycles. The van der Waals surface area contributed by atoms with Crippen molar-refractivity contribution in [2.45, 2.75) is 61.4 Å². The predicted octanol–water partition coefficient (Wildman–Crippen LogP) is 1.77. The number of aliphatic hydroxyl groups is 2. The molecule has 586 valence electrons. The third-order valence-electron chi connectivity index (χ3n) is 17.4. The molecule has 8 aromatic carbocycles. The SMILES string of the molecule is O=C(O[C@@H]1O[C@@H]2COC(=O)c3cc(O)c(O)c(O)c3-c3c(cc(O)c(O)c3O)C(=O)O[C@H]2[C@H](OC(=O)c2cc(O)c(O)c(O)c2)[C@H]1OC(=O)c1cc(O)c(O)c(O)c1)c1cc(O)c(O)c(Oc2c(C(=O)O[C@H]3O[C@H](CO)[C@@H](O)[C@@H]4OC(=O)c5cc(O)c(O)c(O)c5-c5c(cc(O)c(O)c5O)C(=O)O[C@@H]34)cc(O)c(O)c2O)c1. The number of hydrogen-bond donors (Lipinski definition) is 25. The highest BCUT2D eigenvalue weighted by Gasteiger charge is 2.57. The van der Waals surface area contributed by atoms with Gasteiger partial charge in [-0.15, -0.1) is 0 Å². The first kappa shape index (κ1) is 76.2. The first-order chi connectivity index (χ1) is 52.7. The van der Waals surface area contributed by atoms with Gasteiger partial charge in [-0.25, -0.2) is 38.4 Å². The third kappa shape index (κ3) is 13.1. The minimum Gasteiger partial charge on any atom is -0.504 e. The molecular formula is C68H50O44. The van der Waals surface area contributed by atoms with Crippen molar-refractivity contribution >= 4 is 47.8 Å². The molecule has 0 radical (unpaired) electrons. The van der Waals surface area contributed by atoms with E-state index in [4.69, 9.17) is 52.1 Å². The molecule has 0 aromatic heterocycles. The molecule has 12 rings (SSSR count). The second-order valence-electron chi connectivity index (χ2n) is 24.2. The minimum absolute atomic E-state index is 0.218. The average Bonchev–Trinajstić information content (AvgIpc) is 1.04. The zero-order chi connectivity index (χ0) is 81.7. The van der Waals surface area contributed by atoms with Crippen molar-refractivity contribution in [3.8, 4) is 166 Å². The zero-order valence-electron chi connectivity index (χ0n) is 55.0. The number of benzene rings is 8. The van der Waals surface area contributed by atoms with Crippen LogP contribution in [0.15, 0.2) is 66.7 Å². The molecule has 0 bridgehead atoms. The van der Waals surface area contributed by atoms with Gasteiger partial charge in [-0.05, 0) is 60.7 Å². The molecule has 0 aliphatic carbocycles. The lowest BCUT2D eigenvalue weighted by atomic mass is 9.91. The molecule has 2 fully saturated rings. The van der Waals surface area contributed by atoms with Crippen LogP contribution in [0.25, 0.3) is 22.3 Å². The van der Waals surface area contributed by atoms with Gasteiger partial charge >= 0.3 is 47.8 Å². The molecule has 4 heterocycles. The second kappa shape index (κ2) is 28.4. The maximum Gasteiger partial charge on any atom is 0.344 e. The maximum absolute atomic E-state index is 14.9. The summed E-state index contributed by atoms with van der Waals surface area (Å²) >= 11 is 0. The van der Waals surface area contributed by atoms with E-state index in [9.17, 15) is 166 Å². The lowest BCUT2D eigenvalue weighted by Gasteiger charge is -2.43. The van der Waals surface area contributed by atoms with Crippen LogP contribution in [0.5, 0.6) is 144 Å². The minimum atomic E-state index is -2.91. The Balaban J connectivity index is 0.938. The number of ether oxygens (including phenoxy) is 11. The highest BCUT2D eigenvalue weighted by atomic mass is 16.8. The van der Waals surface area contributed by atoms with E-state index in [-0.39, 0.29) is 6.07 Å². The number of aromatic hydroxyl groups is 23. The zero-order valence-corrected chi connectivity index (χ0v) is 55.0. The van der Waals surface area contributed by atoms with E-state index in [2.05, 4.69) is 0 Å². The average molecular weight is 1570 g/mol. The van der Waals surface area contributed by atoms with Crippen molar-refractivity contribution in [3.63, 3.8) is 0 Å². The predicted molar refractivity (Wildman–Crippen MR) is 345 cm³/mol. The molecule has 25 N–H and O–H groups in total. The van der Waals surface area contributed by atoms with Gasteiger partial charge in [0, 0.05) is 28.3 Å². The third-order valence-corrected chi connectivity index (χ3v) is 17.4. The summed E-state index contributed by atoms with van der Waals surface area (Å²) in [5, 5.41) is 269. The summed E-state index contributed by atoms with van der Waals surface area (Å²) in [5.74, 6) is -50.7. The standard InChI is InChI=1S/C68H50O44/c69-12-33-47(88)55-57(110-65(100)20-10-30(78)45(86)51(92)38(20)37-19(64(99)107-55)9-29(77)44(85)50(37)91)67(104-33)112-66(101)21-11-31(79)46(87)52(93)53(21)103-32-6-16(5-26(74)41(32)82)61(96)111-68-58(109-60(95)15-3-24(72)40(81)25(73)4-15)56(108-59(94)14-1-22(70)39(80)23(71)2-14)54-34(105-68)13-102-62(97)17-7-27(75)42(83)48(89)35(17)36-18(63(98)106-54)8-28(76)43(84)49(36)90/h1-11,33-34,47,54-58,67-93H,12-13H2/t33-,34-,47-,54-,55+,56+,57-,58-,67-,68+/m1/s1. The molecule has 112 heavy (non-hydrogen) atoms. The number of fused-ring (bicyclic) bond motifs is 8.